The molecular weight excluding hydrogens is 446 g/mol. The summed E-state index contributed by atoms with van der Waals surface area (Å²) < 4.78 is 32.7. The van der Waals surface area contributed by atoms with Crippen molar-refractivity contribution < 1.29 is 17.9 Å². The van der Waals surface area contributed by atoms with E-state index in [0.29, 0.717) is 18.0 Å². The van der Waals surface area contributed by atoms with E-state index < -0.39 is 10.0 Å². The van der Waals surface area contributed by atoms with E-state index >= 15 is 0 Å². The van der Waals surface area contributed by atoms with Gasteiger partial charge in [-0.25, -0.2) is 12.7 Å². The Morgan fingerprint density at radius 3 is 2.61 bits per heavy atom. The van der Waals surface area contributed by atoms with E-state index in [1.807, 2.05) is 18.2 Å². The van der Waals surface area contributed by atoms with Gasteiger partial charge in [0.15, 0.2) is 0 Å². The lowest BCUT2D eigenvalue weighted by Gasteiger charge is -2.16. The van der Waals surface area contributed by atoms with E-state index in [2.05, 4.69) is 26.2 Å². The largest absolute Gasteiger partial charge is 0.492 e. The third-order valence-corrected chi connectivity index (χ3v) is 6.42. The molecule has 9 heteroatoms. The molecule has 0 aliphatic heterocycles. The zero-order valence-electron chi connectivity index (χ0n) is 15.6. The van der Waals surface area contributed by atoms with Gasteiger partial charge in [0.05, 0.1) is 6.61 Å². The summed E-state index contributed by atoms with van der Waals surface area (Å²) in [6, 6.07) is 11.9. The molecule has 28 heavy (non-hydrogen) atoms. The van der Waals surface area contributed by atoms with Crippen LogP contribution in [0.25, 0.3) is 10.9 Å². The first-order valence-electron chi connectivity index (χ1n) is 8.51. The minimum Gasteiger partial charge on any atom is -0.492 e. The monoisotopic (exact) mass is 465 g/mol. The number of ether oxygens (including phenoxy) is 1. The molecule has 3 aromatic rings. The Morgan fingerprint density at radius 1 is 1.18 bits per heavy atom. The topological polar surface area (TPSA) is 91.5 Å². The van der Waals surface area contributed by atoms with Gasteiger partial charge in [-0.15, -0.1) is 0 Å². The van der Waals surface area contributed by atoms with Gasteiger partial charge in [-0.05, 0) is 49.4 Å². The Kier molecular flexibility index (Phi) is 5.78. The predicted molar refractivity (Wildman–Crippen MR) is 112 cm³/mol. The van der Waals surface area contributed by atoms with Gasteiger partial charge in [-0.3, -0.25) is 4.79 Å². The van der Waals surface area contributed by atoms with Gasteiger partial charge in [0, 0.05) is 35.2 Å². The molecule has 0 spiro atoms. The second-order valence-corrected chi connectivity index (χ2v) is 9.29. The summed E-state index contributed by atoms with van der Waals surface area (Å²) in [6.45, 7) is 2.10. The maximum Gasteiger partial charge on any atom is 0.272 e. The highest BCUT2D eigenvalue weighted by Crippen LogP contribution is 2.29. The number of fused-ring (bicyclic) bond motifs is 1. The number of amides is 1. The molecule has 1 heterocycles. The predicted octanol–water partition coefficient (Wildman–Crippen LogP) is 3.83. The number of benzene rings is 2. The SMILES string of the molecule is CCOc1ccc(NC(=O)c2cc3cc(Br)ccc3[nH]2)cc1S(=O)(=O)N(C)C. The van der Waals surface area contributed by atoms with Crippen molar-refractivity contribution in [3.8, 4) is 5.75 Å². The van der Waals surface area contributed by atoms with Gasteiger partial charge in [-0.2, -0.15) is 0 Å². The normalized spacial score (nSPS) is 11.8. The number of aromatic nitrogens is 1. The summed E-state index contributed by atoms with van der Waals surface area (Å²) in [5.41, 5.74) is 1.56. The number of halogens is 1. The Balaban J connectivity index is 1.93. The van der Waals surface area contributed by atoms with Gasteiger partial charge in [0.1, 0.15) is 16.3 Å². The highest BCUT2D eigenvalue weighted by Gasteiger charge is 2.23. The molecule has 0 unspecified atom stereocenters. The zero-order chi connectivity index (χ0) is 20.5. The summed E-state index contributed by atoms with van der Waals surface area (Å²) in [6.07, 6.45) is 0. The van der Waals surface area contributed by atoms with E-state index in [0.717, 1.165) is 19.7 Å². The van der Waals surface area contributed by atoms with Crippen molar-refractivity contribution in [2.45, 2.75) is 11.8 Å². The first-order chi connectivity index (χ1) is 13.2. The first-order valence-corrected chi connectivity index (χ1v) is 10.7. The van der Waals surface area contributed by atoms with Crippen LogP contribution in [0.5, 0.6) is 5.75 Å². The van der Waals surface area contributed by atoms with Crippen molar-refractivity contribution >= 4 is 48.5 Å². The smallest absolute Gasteiger partial charge is 0.272 e. The van der Waals surface area contributed by atoms with Gasteiger partial charge < -0.3 is 15.0 Å². The number of hydrogen-bond acceptors (Lipinski definition) is 4. The molecule has 7 nitrogen and oxygen atoms in total. The summed E-state index contributed by atoms with van der Waals surface area (Å²) in [4.78, 5) is 15.7. The van der Waals surface area contributed by atoms with Crippen molar-refractivity contribution in [3.05, 3.63) is 52.6 Å². The number of rotatable bonds is 6. The van der Waals surface area contributed by atoms with Crippen molar-refractivity contribution in [2.75, 3.05) is 26.0 Å². The molecule has 0 saturated carbocycles. The average molecular weight is 466 g/mol. The second kappa shape index (κ2) is 7.94. The number of anilines is 1. The molecule has 0 atom stereocenters. The fraction of sp³-hybridized carbons (Fsp3) is 0.211. The molecule has 0 saturated heterocycles. The number of nitrogens with zero attached hydrogens (tertiary/aromatic N) is 1. The third kappa shape index (κ3) is 4.06. The number of H-pyrrole nitrogens is 1. The number of hydrogen-bond donors (Lipinski definition) is 2. The quantitative estimate of drug-likeness (QED) is 0.578. The maximum absolute atomic E-state index is 12.6. The fourth-order valence-corrected chi connectivity index (χ4v) is 4.11. The summed E-state index contributed by atoms with van der Waals surface area (Å²) in [5, 5.41) is 3.62. The van der Waals surface area contributed by atoms with Gasteiger partial charge >= 0.3 is 0 Å². The second-order valence-electron chi connectivity index (χ2n) is 6.25. The highest BCUT2D eigenvalue weighted by molar-refractivity contribution is 9.10. The lowest BCUT2D eigenvalue weighted by molar-refractivity contribution is 0.102. The van der Waals surface area contributed by atoms with Gasteiger partial charge in [-0.1, -0.05) is 15.9 Å². The van der Waals surface area contributed by atoms with Gasteiger partial charge in [0.2, 0.25) is 10.0 Å². The number of carbonyl (C=O) groups is 1. The van der Waals surface area contributed by atoms with Crippen molar-refractivity contribution in [2.24, 2.45) is 0 Å². The van der Waals surface area contributed by atoms with Crippen LogP contribution in [0.4, 0.5) is 5.69 Å². The van der Waals surface area contributed by atoms with Crippen LogP contribution in [-0.2, 0) is 10.0 Å². The molecule has 2 aromatic carbocycles. The number of nitrogens with one attached hydrogen (secondary N) is 2. The summed E-state index contributed by atoms with van der Waals surface area (Å²) in [7, 11) is -0.847. The first kappa shape index (κ1) is 20.4. The Bertz CT molecular complexity index is 1140. The van der Waals surface area contributed by atoms with Crippen LogP contribution >= 0.6 is 15.9 Å². The molecule has 2 N–H and O–H groups in total. The maximum atomic E-state index is 12.6. The van der Waals surface area contributed by atoms with Crippen LogP contribution in [0.2, 0.25) is 0 Å². The van der Waals surface area contributed by atoms with Crippen molar-refractivity contribution in [1.29, 1.82) is 0 Å². The number of carbonyl (C=O) groups excluding carboxylic acids is 1. The van der Waals surface area contributed by atoms with E-state index in [9.17, 15) is 13.2 Å². The average Bonchev–Trinajstić information content (AvgIpc) is 3.06. The molecule has 1 amide bonds. The van der Waals surface area contributed by atoms with Crippen molar-refractivity contribution in [1.82, 2.24) is 9.29 Å². The van der Waals surface area contributed by atoms with E-state index in [1.54, 1.807) is 19.1 Å². The summed E-state index contributed by atoms with van der Waals surface area (Å²) >= 11 is 3.40. The van der Waals surface area contributed by atoms with Crippen LogP contribution in [0.3, 0.4) is 0 Å². The lowest BCUT2D eigenvalue weighted by atomic mass is 10.2. The minimum absolute atomic E-state index is 0.00210. The highest BCUT2D eigenvalue weighted by atomic mass is 79.9. The Labute approximate surface area is 171 Å². The van der Waals surface area contributed by atoms with Crippen LogP contribution in [0, 0.1) is 0 Å². The number of sulfonamides is 1. The van der Waals surface area contributed by atoms with E-state index in [-0.39, 0.29) is 16.6 Å². The molecule has 3 rings (SSSR count). The molecule has 1 aromatic heterocycles. The molecule has 148 valence electrons. The van der Waals surface area contributed by atoms with Gasteiger partial charge in [0.25, 0.3) is 5.91 Å². The van der Waals surface area contributed by atoms with Crippen LogP contribution < -0.4 is 10.1 Å². The van der Waals surface area contributed by atoms with Crippen molar-refractivity contribution in [3.63, 3.8) is 0 Å². The van der Waals surface area contributed by atoms with Crippen LogP contribution in [0.1, 0.15) is 17.4 Å². The van der Waals surface area contributed by atoms with Crippen LogP contribution in [0.15, 0.2) is 51.8 Å². The molecule has 0 radical (unpaired) electrons. The Hall–Kier alpha value is -2.36. The fourth-order valence-electron chi connectivity index (χ4n) is 2.68. The van der Waals surface area contributed by atoms with Crippen LogP contribution in [-0.4, -0.2) is 44.3 Å². The molecule has 0 aliphatic rings. The molecule has 0 aliphatic carbocycles. The third-order valence-electron chi connectivity index (χ3n) is 4.09. The number of aromatic amines is 1. The molecule has 0 fully saturated rings. The Morgan fingerprint density at radius 2 is 1.93 bits per heavy atom. The molecular formula is C19H20BrN3O4S. The minimum atomic E-state index is -3.73. The standard InChI is InChI=1S/C19H20BrN3O4S/c1-4-27-17-8-6-14(11-18(17)28(25,26)23(2)3)21-19(24)16-10-12-9-13(20)5-7-15(12)22-16/h5-11,22H,4H2,1-3H3,(H,21,24). The van der Waals surface area contributed by atoms with E-state index in [4.69, 9.17) is 4.74 Å². The molecule has 0 bridgehead atoms. The lowest BCUT2D eigenvalue weighted by Crippen LogP contribution is -2.23. The van der Waals surface area contributed by atoms with E-state index in [1.165, 1.54) is 26.2 Å². The summed E-state index contributed by atoms with van der Waals surface area (Å²) in [5.74, 6) is -0.130. The zero-order valence-corrected chi connectivity index (χ0v) is 18.0.